The Morgan fingerprint density at radius 3 is 2.43 bits per heavy atom. The highest BCUT2D eigenvalue weighted by atomic mass is 16.3. The topological polar surface area (TPSA) is 71.3 Å². The van der Waals surface area contributed by atoms with Gasteiger partial charge in [-0.25, -0.2) is 0 Å². The number of anilines is 1. The number of hydrogen-bond donors (Lipinski definition) is 2. The van der Waals surface area contributed by atoms with E-state index in [1.165, 1.54) is 6.26 Å². The minimum atomic E-state index is -0.674. The number of amides is 2. The lowest BCUT2D eigenvalue weighted by atomic mass is 9.98. The Kier molecular flexibility index (Phi) is 5.21. The van der Waals surface area contributed by atoms with Crippen LogP contribution in [0.25, 0.3) is 0 Å². The number of hydrogen-bond acceptors (Lipinski definition) is 3. The fraction of sp³-hybridized carbons (Fsp3) is 0.333. The standard InChI is InChI=1S/C18H22N2O3/c1-11(2)14-8-5-7-12(3)16(14)20-17(21)13(4)19-18(22)15-9-6-10-23-15/h5-11,13H,1-4H3,(H,19,22)(H,20,21). The third-order valence-corrected chi connectivity index (χ3v) is 3.66. The van der Waals surface area contributed by atoms with Crippen molar-refractivity contribution in [3.05, 3.63) is 53.5 Å². The van der Waals surface area contributed by atoms with Gasteiger partial charge in [-0.05, 0) is 43.0 Å². The molecule has 0 radical (unpaired) electrons. The lowest BCUT2D eigenvalue weighted by Crippen LogP contribution is -2.41. The van der Waals surface area contributed by atoms with Crippen molar-refractivity contribution in [3.8, 4) is 0 Å². The summed E-state index contributed by atoms with van der Waals surface area (Å²) in [5, 5.41) is 5.55. The number of furan rings is 1. The number of para-hydroxylation sites is 1. The minimum absolute atomic E-state index is 0.184. The van der Waals surface area contributed by atoms with Gasteiger partial charge in [0.1, 0.15) is 6.04 Å². The molecule has 0 saturated heterocycles. The van der Waals surface area contributed by atoms with Gasteiger partial charge in [-0.2, -0.15) is 0 Å². The smallest absolute Gasteiger partial charge is 0.287 e. The maximum Gasteiger partial charge on any atom is 0.287 e. The van der Waals surface area contributed by atoms with Crippen molar-refractivity contribution in [2.24, 2.45) is 0 Å². The molecule has 0 aliphatic carbocycles. The Bertz CT molecular complexity index is 690. The van der Waals surface area contributed by atoms with E-state index >= 15 is 0 Å². The van der Waals surface area contributed by atoms with Crippen molar-refractivity contribution < 1.29 is 14.0 Å². The van der Waals surface area contributed by atoms with Gasteiger partial charge in [0, 0.05) is 5.69 Å². The van der Waals surface area contributed by atoms with Crippen molar-refractivity contribution in [2.45, 2.75) is 39.7 Å². The van der Waals surface area contributed by atoms with Crippen LogP contribution in [0.1, 0.15) is 48.4 Å². The first kappa shape index (κ1) is 16.8. The normalized spacial score (nSPS) is 12.0. The van der Waals surface area contributed by atoms with Crippen molar-refractivity contribution in [1.82, 2.24) is 5.32 Å². The predicted octanol–water partition coefficient (Wildman–Crippen LogP) is 3.47. The highest BCUT2D eigenvalue weighted by Crippen LogP contribution is 2.27. The van der Waals surface area contributed by atoms with E-state index in [4.69, 9.17) is 4.42 Å². The monoisotopic (exact) mass is 314 g/mol. The van der Waals surface area contributed by atoms with Gasteiger partial charge in [0.15, 0.2) is 5.76 Å². The first-order valence-electron chi connectivity index (χ1n) is 7.65. The molecule has 1 atom stereocenters. The van der Waals surface area contributed by atoms with Crippen molar-refractivity contribution >= 4 is 17.5 Å². The molecule has 5 nitrogen and oxygen atoms in total. The summed E-state index contributed by atoms with van der Waals surface area (Å²) < 4.78 is 5.02. The van der Waals surface area contributed by atoms with Crippen molar-refractivity contribution in [1.29, 1.82) is 0 Å². The lowest BCUT2D eigenvalue weighted by molar-refractivity contribution is -0.117. The number of aryl methyl sites for hydroxylation is 1. The second-order valence-corrected chi connectivity index (χ2v) is 5.86. The summed E-state index contributed by atoms with van der Waals surface area (Å²) in [6, 6.07) is 8.43. The van der Waals surface area contributed by atoms with E-state index in [0.29, 0.717) is 5.92 Å². The Labute approximate surface area is 136 Å². The maximum atomic E-state index is 12.4. The minimum Gasteiger partial charge on any atom is -0.459 e. The summed E-state index contributed by atoms with van der Waals surface area (Å²) in [5.41, 5.74) is 2.88. The van der Waals surface area contributed by atoms with Gasteiger partial charge in [0.05, 0.1) is 6.26 Å². The van der Waals surface area contributed by atoms with Crippen LogP contribution in [-0.2, 0) is 4.79 Å². The molecule has 5 heteroatoms. The van der Waals surface area contributed by atoms with Crippen LogP contribution in [0.5, 0.6) is 0 Å². The van der Waals surface area contributed by atoms with Crippen LogP contribution in [0.4, 0.5) is 5.69 Å². The highest BCUT2D eigenvalue weighted by molar-refractivity contribution is 6.00. The maximum absolute atomic E-state index is 12.4. The molecule has 2 rings (SSSR count). The number of nitrogens with one attached hydrogen (secondary N) is 2. The Morgan fingerprint density at radius 2 is 1.83 bits per heavy atom. The molecule has 1 heterocycles. The lowest BCUT2D eigenvalue weighted by Gasteiger charge is -2.19. The van der Waals surface area contributed by atoms with Crippen LogP contribution in [-0.4, -0.2) is 17.9 Å². The van der Waals surface area contributed by atoms with Crippen LogP contribution >= 0.6 is 0 Å². The Morgan fingerprint density at radius 1 is 1.09 bits per heavy atom. The molecule has 0 bridgehead atoms. The first-order valence-corrected chi connectivity index (χ1v) is 7.65. The van der Waals surface area contributed by atoms with Gasteiger partial charge in [-0.3, -0.25) is 9.59 Å². The van der Waals surface area contributed by atoms with Gasteiger partial charge in [0.2, 0.25) is 5.91 Å². The van der Waals surface area contributed by atoms with Crippen LogP contribution in [0.15, 0.2) is 41.0 Å². The van der Waals surface area contributed by atoms with Crippen molar-refractivity contribution in [3.63, 3.8) is 0 Å². The average Bonchev–Trinajstić information content (AvgIpc) is 3.03. The quantitative estimate of drug-likeness (QED) is 0.887. The van der Waals surface area contributed by atoms with Gasteiger partial charge >= 0.3 is 0 Å². The molecule has 1 aromatic carbocycles. The zero-order chi connectivity index (χ0) is 17.0. The molecule has 0 aliphatic heterocycles. The predicted molar refractivity (Wildman–Crippen MR) is 89.5 cm³/mol. The molecular weight excluding hydrogens is 292 g/mol. The van der Waals surface area contributed by atoms with Gasteiger partial charge < -0.3 is 15.1 Å². The summed E-state index contributed by atoms with van der Waals surface area (Å²) in [5.74, 6) is -0.200. The SMILES string of the molecule is Cc1cccc(C(C)C)c1NC(=O)C(C)NC(=O)c1ccco1. The average molecular weight is 314 g/mol. The van der Waals surface area contributed by atoms with Crippen LogP contribution < -0.4 is 10.6 Å². The van der Waals surface area contributed by atoms with Gasteiger partial charge in [-0.15, -0.1) is 0 Å². The molecule has 0 aliphatic rings. The number of rotatable bonds is 5. The summed E-state index contributed by atoms with van der Waals surface area (Å²) >= 11 is 0. The number of carbonyl (C=O) groups excluding carboxylic acids is 2. The van der Waals surface area contributed by atoms with Crippen LogP contribution in [0.3, 0.4) is 0 Å². The summed E-state index contributed by atoms with van der Waals surface area (Å²) in [4.78, 5) is 24.3. The van der Waals surface area contributed by atoms with Crippen LogP contribution in [0, 0.1) is 6.92 Å². The molecular formula is C18H22N2O3. The molecule has 0 fully saturated rings. The van der Waals surface area contributed by atoms with E-state index in [0.717, 1.165) is 16.8 Å². The molecule has 122 valence electrons. The van der Waals surface area contributed by atoms with E-state index in [9.17, 15) is 9.59 Å². The van der Waals surface area contributed by atoms with E-state index < -0.39 is 11.9 Å². The molecule has 1 aromatic heterocycles. The second-order valence-electron chi connectivity index (χ2n) is 5.86. The fourth-order valence-corrected chi connectivity index (χ4v) is 2.31. The summed E-state index contributed by atoms with van der Waals surface area (Å²) in [6.45, 7) is 7.75. The third kappa shape index (κ3) is 4.00. The molecule has 2 N–H and O–H groups in total. The molecule has 1 unspecified atom stereocenters. The zero-order valence-electron chi connectivity index (χ0n) is 13.8. The van der Waals surface area contributed by atoms with E-state index in [1.54, 1.807) is 19.1 Å². The van der Waals surface area contributed by atoms with Crippen LogP contribution in [0.2, 0.25) is 0 Å². The van der Waals surface area contributed by atoms with Gasteiger partial charge in [-0.1, -0.05) is 32.0 Å². The van der Waals surface area contributed by atoms with Gasteiger partial charge in [0.25, 0.3) is 5.91 Å². The first-order chi connectivity index (χ1) is 10.9. The largest absolute Gasteiger partial charge is 0.459 e. The van der Waals surface area contributed by atoms with E-state index in [1.807, 2.05) is 25.1 Å². The highest BCUT2D eigenvalue weighted by Gasteiger charge is 2.20. The molecule has 2 aromatic rings. The molecule has 2 amide bonds. The Balaban J connectivity index is 2.08. The van der Waals surface area contributed by atoms with E-state index in [-0.39, 0.29) is 11.7 Å². The van der Waals surface area contributed by atoms with Crippen molar-refractivity contribution in [2.75, 3.05) is 5.32 Å². The third-order valence-electron chi connectivity index (χ3n) is 3.66. The molecule has 23 heavy (non-hydrogen) atoms. The fourth-order valence-electron chi connectivity index (χ4n) is 2.31. The molecule has 0 saturated carbocycles. The zero-order valence-corrected chi connectivity index (χ0v) is 13.8. The van der Waals surface area contributed by atoms with E-state index in [2.05, 4.69) is 24.5 Å². The summed E-state index contributed by atoms with van der Waals surface area (Å²) in [6.07, 6.45) is 1.42. The Hall–Kier alpha value is -2.56. The number of carbonyl (C=O) groups is 2. The summed E-state index contributed by atoms with van der Waals surface area (Å²) in [7, 11) is 0. The number of benzene rings is 1. The second kappa shape index (κ2) is 7.13. The molecule has 0 spiro atoms.